The van der Waals surface area contributed by atoms with Crippen LogP contribution in [0.25, 0.3) is 0 Å². The molecule has 0 saturated heterocycles. The third-order valence-electron chi connectivity index (χ3n) is 3.24. The lowest BCUT2D eigenvalue weighted by Crippen LogP contribution is -2.11. The van der Waals surface area contributed by atoms with Crippen molar-refractivity contribution < 1.29 is 5.11 Å². The first-order valence-corrected chi connectivity index (χ1v) is 7.94. The summed E-state index contributed by atoms with van der Waals surface area (Å²) in [7, 11) is 0. The Hall–Kier alpha value is -0.640. The smallest absolute Gasteiger partial charge is 0.113 e. The number of rotatable bonds is 2. The maximum Gasteiger partial charge on any atom is 0.113 e. The lowest BCUT2D eigenvalue weighted by Gasteiger charge is -2.19. The van der Waals surface area contributed by atoms with Crippen molar-refractivity contribution in [2.45, 2.75) is 39.2 Å². The van der Waals surface area contributed by atoms with Gasteiger partial charge in [0.2, 0.25) is 0 Å². The highest BCUT2D eigenvalue weighted by Gasteiger charge is 2.17. The van der Waals surface area contributed by atoms with Crippen molar-refractivity contribution in [2.75, 3.05) is 0 Å². The van der Waals surface area contributed by atoms with Gasteiger partial charge in [0.1, 0.15) is 6.10 Å². The van der Waals surface area contributed by atoms with Crippen molar-refractivity contribution in [1.82, 2.24) is 0 Å². The first-order chi connectivity index (χ1) is 8.79. The van der Waals surface area contributed by atoms with Gasteiger partial charge in [-0.2, -0.15) is 0 Å². The Kier molecular flexibility index (Phi) is 4.19. The topological polar surface area (TPSA) is 20.2 Å². The number of aliphatic hydroxyl groups excluding tert-OH is 1. The summed E-state index contributed by atoms with van der Waals surface area (Å²) in [6.07, 6.45) is -0.538. The monoisotopic (exact) mass is 338 g/mol. The summed E-state index contributed by atoms with van der Waals surface area (Å²) in [5.74, 6) is 0. The van der Waals surface area contributed by atoms with Gasteiger partial charge in [0.05, 0.1) is 3.79 Å². The summed E-state index contributed by atoms with van der Waals surface area (Å²) in [5, 5.41) is 10.4. The van der Waals surface area contributed by atoms with Crippen LogP contribution >= 0.6 is 27.3 Å². The molecule has 1 unspecified atom stereocenters. The highest BCUT2D eigenvalue weighted by atomic mass is 79.9. The van der Waals surface area contributed by atoms with Crippen LogP contribution in [0.4, 0.5) is 0 Å². The minimum Gasteiger partial charge on any atom is -0.383 e. The molecule has 0 radical (unpaired) electrons. The molecule has 1 aromatic carbocycles. The zero-order valence-corrected chi connectivity index (χ0v) is 14.1. The van der Waals surface area contributed by atoms with E-state index in [1.165, 1.54) is 11.1 Å². The Bertz CT molecular complexity index is 544. The molecule has 2 aromatic rings. The van der Waals surface area contributed by atoms with Gasteiger partial charge in [-0.25, -0.2) is 0 Å². The van der Waals surface area contributed by atoms with Crippen LogP contribution in [0.3, 0.4) is 0 Å². The molecule has 0 amide bonds. The summed E-state index contributed by atoms with van der Waals surface area (Å²) in [4.78, 5) is 0.980. The van der Waals surface area contributed by atoms with E-state index in [0.717, 1.165) is 14.2 Å². The van der Waals surface area contributed by atoms with Crippen molar-refractivity contribution in [2.24, 2.45) is 0 Å². The van der Waals surface area contributed by atoms with Gasteiger partial charge in [-0.3, -0.25) is 0 Å². The van der Waals surface area contributed by atoms with E-state index in [-0.39, 0.29) is 5.41 Å². The molecule has 1 aromatic heterocycles. The molecule has 0 spiro atoms. The van der Waals surface area contributed by atoms with Crippen molar-refractivity contribution >= 4 is 27.3 Å². The molecule has 1 atom stereocenters. The van der Waals surface area contributed by atoms with Crippen molar-refractivity contribution in [3.05, 3.63) is 55.7 Å². The number of aryl methyl sites for hydroxylation is 1. The van der Waals surface area contributed by atoms with E-state index < -0.39 is 6.10 Å². The minimum atomic E-state index is -0.538. The molecule has 1 heterocycles. The fraction of sp³-hybridized carbons (Fsp3) is 0.375. The fourth-order valence-corrected chi connectivity index (χ4v) is 3.53. The van der Waals surface area contributed by atoms with Crippen LogP contribution in [0.2, 0.25) is 0 Å². The predicted molar refractivity (Wildman–Crippen MR) is 86.0 cm³/mol. The van der Waals surface area contributed by atoms with Gasteiger partial charge in [0, 0.05) is 4.88 Å². The summed E-state index contributed by atoms with van der Waals surface area (Å²) in [5.41, 5.74) is 3.55. The van der Waals surface area contributed by atoms with Crippen molar-refractivity contribution in [1.29, 1.82) is 0 Å². The molecule has 1 N–H and O–H groups in total. The van der Waals surface area contributed by atoms with Gasteiger partial charge < -0.3 is 5.11 Å². The number of hydrogen-bond donors (Lipinski definition) is 1. The minimum absolute atomic E-state index is 0.145. The fourth-order valence-electron chi connectivity index (χ4n) is 1.95. The molecule has 0 aliphatic heterocycles. The van der Waals surface area contributed by atoms with Gasteiger partial charge >= 0.3 is 0 Å². The first kappa shape index (κ1) is 14.8. The molecule has 2 rings (SSSR count). The normalized spacial score (nSPS) is 13.6. The standard InChI is InChI=1S/C16H19BrOS/c1-10-9-13(19-15(10)17)14(18)11-5-7-12(8-6-11)16(2,3)4/h5-9,14,18H,1-4H3. The van der Waals surface area contributed by atoms with E-state index in [4.69, 9.17) is 0 Å². The Morgan fingerprint density at radius 3 is 2.16 bits per heavy atom. The Balaban J connectivity index is 2.27. The van der Waals surface area contributed by atoms with Crippen LogP contribution in [-0.2, 0) is 5.41 Å². The predicted octanol–water partition coefficient (Wildman–Crippen LogP) is 5.20. The lowest BCUT2D eigenvalue weighted by atomic mass is 9.86. The molecular formula is C16H19BrOS. The molecule has 0 aliphatic rings. The number of hydrogen-bond acceptors (Lipinski definition) is 2. The van der Waals surface area contributed by atoms with E-state index in [2.05, 4.69) is 48.8 Å². The summed E-state index contributed by atoms with van der Waals surface area (Å²) in [6.45, 7) is 8.62. The summed E-state index contributed by atoms with van der Waals surface area (Å²) < 4.78 is 1.09. The molecule has 3 heteroatoms. The second-order valence-electron chi connectivity index (χ2n) is 5.88. The largest absolute Gasteiger partial charge is 0.383 e. The number of halogens is 1. The highest BCUT2D eigenvalue weighted by Crippen LogP contribution is 2.34. The van der Waals surface area contributed by atoms with Gasteiger partial charge in [-0.05, 0) is 51.0 Å². The molecular weight excluding hydrogens is 320 g/mol. The SMILES string of the molecule is Cc1cc(C(O)c2ccc(C(C)(C)C)cc2)sc1Br. The van der Waals surface area contributed by atoms with E-state index in [9.17, 15) is 5.11 Å². The number of thiophene rings is 1. The number of benzene rings is 1. The zero-order chi connectivity index (χ0) is 14.2. The lowest BCUT2D eigenvalue weighted by molar-refractivity contribution is 0.224. The van der Waals surface area contributed by atoms with Crippen LogP contribution in [0.15, 0.2) is 34.1 Å². The number of aliphatic hydroxyl groups is 1. The second kappa shape index (κ2) is 5.39. The molecule has 0 fully saturated rings. The second-order valence-corrected chi connectivity index (χ2v) is 8.28. The van der Waals surface area contributed by atoms with Gasteiger partial charge in [-0.15, -0.1) is 11.3 Å². The molecule has 0 aliphatic carbocycles. The summed E-state index contributed by atoms with van der Waals surface area (Å²) >= 11 is 5.10. The Morgan fingerprint density at radius 1 is 1.16 bits per heavy atom. The van der Waals surface area contributed by atoms with Crippen LogP contribution in [0.1, 0.15) is 48.4 Å². The van der Waals surface area contributed by atoms with E-state index in [0.29, 0.717) is 0 Å². The van der Waals surface area contributed by atoms with Crippen molar-refractivity contribution in [3.8, 4) is 0 Å². The van der Waals surface area contributed by atoms with Crippen LogP contribution in [-0.4, -0.2) is 5.11 Å². The van der Waals surface area contributed by atoms with E-state index in [1.807, 2.05) is 25.1 Å². The first-order valence-electron chi connectivity index (χ1n) is 6.33. The molecule has 19 heavy (non-hydrogen) atoms. The average Bonchev–Trinajstić information content (AvgIpc) is 2.68. The van der Waals surface area contributed by atoms with E-state index in [1.54, 1.807) is 11.3 Å². The maximum absolute atomic E-state index is 10.4. The molecule has 0 bridgehead atoms. The van der Waals surface area contributed by atoms with Gasteiger partial charge in [0.25, 0.3) is 0 Å². The Morgan fingerprint density at radius 2 is 1.74 bits per heavy atom. The molecule has 102 valence electrons. The van der Waals surface area contributed by atoms with Crippen LogP contribution in [0.5, 0.6) is 0 Å². The molecule has 1 nitrogen and oxygen atoms in total. The van der Waals surface area contributed by atoms with Gasteiger partial charge in [-0.1, -0.05) is 45.0 Å². The zero-order valence-electron chi connectivity index (χ0n) is 11.7. The third-order valence-corrected chi connectivity index (χ3v) is 5.43. The Labute approximate surface area is 127 Å². The van der Waals surface area contributed by atoms with E-state index >= 15 is 0 Å². The third kappa shape index (κ3) is 3.28. The average molecular weight is 339 g/mol. The highest BCUT2D eigenvalue weighted by molar-refractivity contribution is 9.11. The van der Waals surface area contributed by atoms with Crippen LogP contribution < -0.4 is 0 Å². The van der Waals surface area contributed by atoms with Crippen LogP contribution in [0, 0.1) is 6.92 Å². The quantitative estimate of drug-likeness (QED) is 0.797. The van der Waals surface area contributed by atoms with Gasteiger partial charge in [0.15, 0.2) is 0 Å². The summed E-state index contributed by atoms with van der Waals surface area (Å²) in [6, 6.07) is 10.3. The van der Waals surface area contributed by atoms with Crippen molar-refractivity contribution in [3.63, 3.8) is 0 Å². The maximum atomic E-state index is 10.4. The molecule has 0 saturated carbocycles.